The number of sulfonamides is 1. The van der Waals surface area contributed by atoms with Gasteiger partial charge in [0.15, 0.2) is 5.88 Å². The highest BCUT2D eigenvalue weighted by molar-refractivity contribution is 7.89. The quantitative estimate of drug-likeness (QED) is 0.303. The number of ether oxygens (including phenoxy) is 2. The second-order valence-electron chi connectivity index (χ2n) is 11.4. The summed E-state index contributed by atoms with van der Waals surface area (Å²) < 4.78 is 40.3. The molecule has 1 aliphatic rings. The van der Waals surface area contributed by atoms with E-state index in [-0.39, 0.29) is 23.0 Å². The summed E-state index contributed by atoms with van der Waals surface area (Å²) in [5.74, 6) is 0.841. The Morgan fingerprint density at radius 3 is 2.28 bits per heavy atom. The lowest BCUT2D eigenvalue weighted by molar-refractivity contribution is 0.122. The standard InChI is InChI=1S/C27H41N5O5S2/c1-16(2)36-18(5)28-20-11-9-19(10-12-20)24-30-31-25(38-24)22-14-13-21(29-26(33)37-17(3)4)15-23(22)39(34,35)32-27(6,7)8/h13-17,19-20,28,32H,5,9-12H2,1-4,6-8H3,(H,29,33)/t19-,20-. The molecule has 12 heteroatoms. The van der Waals surface area contributed by atoms with Crippen LogP contribution in [0.2, 0.25) is 0 Å². The minimum atomic E-state index is -3.95. The Morgan fingerprint density at radius 1 is 1.05 bits per heavy atom. The molecule has 1 fully saturated rings. The van der Waals surface area contributed by atoms with Crippen molar-refractivity contribution >= 4 is 33.1 Å². The molecule has 39 heavy (non-hydrogen) atoms. The summed E-state index contributed by atoms with van der Waals surface area (Å²) in [6.45, 7) is 16.7. The van der Waals surface area contributed by atoms with E-state index < -0.39 is 21.7 Å². The van der Waals surface area contributed by atoms with Gasteiger partial charge in [0.1, 0.15) is 10.0 Å². The number of carbonyl (C=O) groups excluding carboxylic acids is 1. The Bertz CT molecular complexity index is 1260. The Kier molecular flexibility index (Phi) is 10.0. The topological polar surface area (TPSA) is 132 Å². The van der Waals surface area contributed by atoms with Crippen LogP contribution in [0.5, 0.6) is 0 Å². The molecule has 2 aromatic rings. The molecule has 1 aliphatic carbocycles. The predicted molar refractivity (Wildman–Crippen MR) is 154 cm³/mol. The van der Waals surface area contributed by atoms with Crippen LogP contribution >= 0.6 is 11.3 Å². The molecule has 0 radical (unpaired) electrons. The van der Waals surface area contributed by atoms with Crippen LogP contribution in [0.15, 0.2) is 35.6 Å². The summed E-state index contributed by atoms with van der Waals surface area (Å²) in [5, 5.41) is 16.2. The average Bonchev–Trinajstić information content (AvgIpc) is 3.27. The summed E-state index contributed by atoms with van der Waals surface area (Å²) in [4.78, 5) is 12.2. The number of carbonyl (C=O) groups is 1. The molecule has 3 rings (SSSR count). The molecular formula is C27H41N5O5S2. The number of aromatic nitrogens is 2. The van der Waals surface area contributed by atoms with Gasteiger partial charge in [-0.15, -0.1) is 10.2 Å². The molecule has 10 nitrogen and oxygen atoms in total. The van der Waals surface area contributed by atoms with Crippen LogP contribution in [0.1, 0.15) is 85.1 Å². The maximum Gasteiger partial charge on any atom is 0.411 e. The second kappa shape index (κ2) is 12.6. The van der Waals surface area contributed by atoms with Gasteiger partial charge in [-0.2, -0.15) is 0 Å². The molecule has 3 N–H and O–H groups in total. The summed E-state index contributed by atoms with van der Waals surface area (Å²) in [7, 11) is -3.95. The van der Waals surface area contributed by atoms with Gasteiger partial charge in [0.05, 0.1) is 17.1 Å². The third kappa shape index (κ3) is 9.18. The van der Waals surface area contributed by atoms with Gasteiger partial charge in [0.2, 0.25) is 10.0 Å². The number of hydrogen-bond donors (Lipinski definition) is 3. The maximum atomic E-state index is 13.4. The van der Waals surface area contributed by atoms with Gasteiger partial charge < -0.3 is 14.8 Å². The number of nitrogens with one attached hydrogen (secondary N) is 3. The maximum absolute atomic E-state index is 13.4. The first kappa shape index (κ1) is 30.8. The fourth-order valence-electron chi connectivity index (χ4n) is 4.36. The summed E-state index contributed by atoms with van der Waals surface area (Å²) in [6, 6.07) is 5.00. The SMILES string of the molecule is C=C(N[C@H]1CC[C@H](c2nnc(-c3ccc(NC(=O)OC(C)C)cc3S(=O)(=O)NC(C)(C)C)s2)CC1)OC(C)C. The van der Waals surface area contributed by atoms with Crippen molar-refractivity contribution in [2.75, 3.05) is 5.32 Å². The third-order valence-electron chi connectivity index (χ3n) is 5.79. The van der Waals surface area contributed by atoms with Crippen LogP contribution in [-0.2, 0) is 19.5 Å². The first-order valence-corrected chi connectivity index (χ1v) is 15.5. The van der Waals surface area contributed by atoms with Crippen molar-refractivity contribution in [1.29, 1.82) is 0 Å². The van der Waals surface area contributed by atoms with Gasteiger partial charge in [-0.1, -0.05) is 11.3 Å². The van der Waals surface area contributed by atoms with Gasteiger partial charge >= 0.3 is 6.09 Å². The number of anilines is 1. The fourth-order valence-corrected chi connectivity index (χ4v) is 7.13. The van der Waals surface area contributed by atoms with E-state index in [2.05, 4.69) is 32.1 Å². The highest BCUT2D eigenvalue weighted by Crippen LogP contribution is 2.39. The number of rotatable bonds is 10. The second-order valence-corrected chi connectivity index (χ2v) is 14.0. The molecule has 1 aromatic carbocycles. The van der Waals surface area contributed by atoms with Crippen LogP contribution in [0, 0.1) is 0 Å². The Hall–Kier alpha value is -2.70. The van der Waals surface area contributed by atoms with E-state index in [1.54, 1.807) is 46.8 Å². The van der Waals surface area contributed by atoms with Crippen molar-refractivity contribution in [3.63, 3.8) is 0 Å². The normalized spacial score (nSPS) is 18.2. The van der Waals surface area contributed by atoms with Crippen LogP contribution in [0.25, 0.3) is 10.6 Å². The van der Waals surface area contributed by atoms with Gasteiger partial charge in [-0.25, -0.2) is 17.9 Å². The van der Waals surface area contributed by atoms with Crippen LogP contribution < -0.4 is 15.4 Å². The lowest BCUT2D eigenvalue weighted by Gasteiger charge is -2.29. The average molecular weight is 580 g/mol. The molecule has 0 spiro atoms. The van der Waals surface area contributed by atoms with Crippen molar-refractivity contribution in [3.8, 4) is 10.6 Å². The van der Waals surface area contributed by atoms with E-state index in [9.17, 15) is 13.2 Å². The lowest BCUT2D eigenvalue weighted by atomic mass is 9.86. The van der Waals surface area contributed by atoms with Gasteiger partial charge in [-0.05, 0) is 98.9 Å². The molecule has 216 valence electrons. The number of amides is 1. The zero-order valence-electron chi connectivity index (χ0n) is 23.8. The smallest absolute Gasteiger partial charge is 0.411 e. The van der Waals surface area contributed by atoms with Crippen molar-refractivity contribution in [1.82, 2.24) is 20.2 Å². The summed E-state index contributed by atoms with van der Waals surface area (Å²) in [6.07, 6.45) is 2.86. The Labute approximate surface area is 236 Å². The van der Waals surface area contributed by atoms with Crippen LogP contribution in [-0.4, -0.2) is 48.5 Å². The molecule has 1 aromatic heterocycles. The summed E-state index contributed by atoms with van der Waals surface area (Å²) >= 11 is 1.40. The first-order chi connectivity index (χ1) is 18.1. The molecule has 1 amide bonds. The third-order valence-corrected chi connectivity index (χ3v) is 8.71. The van der Waals surface area contributed by atoms with Crippen molar-refractivity contribution in [3.05, 3.63) is 35.7 Å². The molecule has 0 atom stereocenters. The zero-order valence-corrected chi connectivity index (χ0v) is 25.5. The van der Waals surface area contributed by atoms with E-state index in [0.717, 1.165) is 30.7 Å². The monoisotopic (exact) mass is 579 g/mol. The lowest BCUT2D eigenvalue weighted by Crippen LogP contribution is -2.40. The van der Waals surface area contributed by atoms with E-state index in [1.165, 1.54) is 17.4 Å². The number of nitrogens with zero attached hydrogens (tertiary/aromatic N) is 2. The molecular weight excluding hydrogens is 538 g/mol. The molecule has 0 unspecified atom stereocenters. The van der Waals surface area contributed by atoms with Crippen LogP contribution in [0.4, 0.5) is 10.5 Å². The van der Waals surface area contributed by atoms with E-state index >= 15 is 0 Å². The minimum absolute atomic E-state index is 0.0130. The first-order valence-electron chi connectivity index (χ1n) is 13.2. The fraction of sp³-hybridized carbons (Fsp3) is 0.593. The Balaban J connectivity index is 1.82. The highest BCUT2D eigenvalue weighted by Gasteiger charge is 2.29. The highest BCUT2D eigenvalue weighted by atomic mass is 32.2. The molecule has 1 saturated carbocycles. The van der Waals surface area contributed by atoms with Crippen LogP contribution in [0.3, 0.4) is 0 Å². The molecule has 1 heterocycles. The van der Waals surface area contributed by atoms with Crippen molar-refractivity contribution in [2.24, 2.45) is 0 Å². The minimum Gasteiger partial charge on any atom is -0.477 e. The van der Waals surface area contributed by atoms with Gasteiger partial charge in [-0.3, -0.25) is 5.32 Å². The number of hydrogen-bond acceptors (Lipinski definition) is 9. The van der Waals surface area contributed by atoms with E-state index in [0.29, 0.717) is 28.2 Å². The van der Waals surface area contributed by atoms with Gasteiger partial charge in [0, 0.05) is 28.7 Å². The molecule has 0 bridgehead atoms. The zero-order chi connectivity index (χ0) is 29.0. The van der Waals surface area contributed by atoms with E-state index in [4.69, 9.17) is 9.47 Å². The van der Waals surface area contributed by atoms with Crippen molar-refractivity contribution < 1.29 is 22.7 Å². The Morgan fingerprint density at radius 2 is 1.69 bits per heavy atom. The van der Waals surface area contributed by atoms with Crippen molar-refractivity contribution in [2.45, 2.75) is 109 Å². The predicted octanol–water partition coefficient (Wildman–Crippen LogP) is 5.75. The summed E-state index contributed by atoms with van der Waals surface area (Å²) in [5.41, 5.74) is 0.0219. The van der Waals surface area contributed by atoms with E-state index in [1.807, 2.05) is 13.8 Å². The van der Waals surface area contributed by atoms with Gasteiger partial charge in [0.25, 0.3) is 0 Å². The number of benzene rings is 1. The molecule has 0 aliphatic heterocycles. The largest absolute Gasteiger partial charge is 0.477 e. The molecule has 0 saturated heterocycles.